The van der Waals surface area contributed by atoms with Gasteiger partial charge in [0.05, 0.1) is 6.10 Å². The fourth-order valence-corrected chi connectivity index (χ4v) is 7.93. The van der Waals surface area contributed by atoms with Gasteiger partial charge in [-0.25, -0.2) is 0 Å². The maximum atomic E-state index is 6.87. The van der Waals surface area contributed by atoms with Crippen LogP contribution in [0.4, 0.5) is 0 Å². The highest BCUT2D eigenvalue weighted by Crippen LogP contribution is 2.37. The van der Waals surface area contributed by atoms with E-state index in [0.29, 0.717) is 0 Å². The van der Waals surface area contributed by atoms with Crippen LogP contribution in [0.1, 0.15) is 34.6 Å². The van der Waals surface area contributed by atoms with E-state index in [1.165, 1.54) is 10.4 Å². The molecule has 122 valence electrons. The van der Waals surface area contributed by atoms with E-state index in [9.17, 15) is 0 Å². The first-order chi connectivity index (χ1) is 10.9. The molecule has 0 saturated heterocycles. The molecule has 0 aromatic heterocycles. The van der Waals surface area contributed by atoms with E-state index in [0.717, 1.165) is 0 Å². The fourth-order valence-electron chi connectivity index (χ4n) is 3.28. The molecular weight excluding hydrogens is 296 g/mol. The molecule has 0 saturated carbocycles. The van der Waals surface area contributed by atoms with E-state index >= 15 is 0 Å². The second-order valence-corrected chi connectivity index (χ2v) is 11.3. The number of allylic oxidation sites excluding steroid dienone is 1. The van der Waals surface area contributed by atoms with Crippen molar-refractivity contribution in [2.45, 2.75) is 45.8 Å². The average Bonchev–Trinajstić information content (AvgIpc) is 2.53. The molecule has 0 unspecified atom stereocenters. The zero-order chi connectivity index (χ0) is 16.9. The number of hydrogen-bond acceptors (Lipinski definition) is 1. The van der Waals surface area contributed by atoms with Gasteiger partial charge in [0.2, 0.25) is 0 Å². The summed E-state index contributed by atoms with van der Waals surface area (Å²) in [6.45, 7) is 11.1. The predicted molar refractivity (Wildman–Crippen MR) is 103 cm³/mol. The highest BCUT2D eigenvalue weighted by molar-refractivity contribution is 6.99. The van der Waals surface area contributed by atoms with Gasteiger partial charge in [0.1, 0.15) is 0 Å². The van der Waals surface area contributed by atoms with Crippen LogP contribution in [0.2, 0.25) is 5.04 Å². The highest BCUT2D eigenvalue weighted by atomic mass is 28.4. The third-order valence-corrected chi connectivity index (χ3v) is 9.37. The molecule has 0 fully saturated rings. The summed E-state index contributed by atoms with van der Waals surface area (Å²) in [5.41, 5.74) is 0. The first-order valence-corrected chi connectivity index (χ1v) is 10.2. The molecule has 0 spiro atoms. The van der Waals surface area contributed by atoms with E-state index in [4.69, 9.17) is 4.43 Å². The van der Waals surface area contributed by atoms with Gasteiger partial charge in [0, 0.05) is 0 Å². The minimum Gasteiger partial charge on any atom is -0.401 e. The summed E-state index contributed by atoms with van der Waals surface area (Å²) in [5, 5.41) is 2.69. The molecule has 0 radical (unpaired) electrons. The molecular formula is C21H28OSi. The number of rotatable bonds is 5. The highest BCUT2D eigenvalue weighted by Gasteiger charge is 2.50. The normalized spacial score (nSPS) is 14.1. The van der Waals surface area contributed by atoms with Gasteiger partial charge >= 0.3 is 0 Å². The first kappa shape index (κ1) is 17.7. The van der Waals surface area contributed by atoms with E-state index in [1.54, 1.807) is 0 Å². The molecule has 0 aliphatic heterocycles. The molecule has 2 aromatic rings. The molecule has 1 nitrogen and oxygen atoms in total. The molecule has 0 heterocycles. The minimum atomic E-state index is -2.40. The second-order valence-electron chi connectivity index (χ2n) is 7.01. The van der Waals surface area contributed by atoms with Gasteiger partial charge in [-0.2, -0.15) is 0 Å². The van der Waals surface area contributed by atoms with Crippen molar-refractivity contribution in [3.05, 3.63) is 72.8 Å². The molecule has 2 rings (SSSR count). The minimum absolute atomic E-state index is 0.0333. The van der Waals surface area contributed by atoms with Gasteiger partial charge in [-0.05, 0) is 29.3 Å². The smallest absolute Gasteiger partial charge is 0.261 e. The maximum Gasteiger partial charge on any atom is 0.261 e. The van der Waals surface area contributed by atoms with E-state index in [-0.39, 0.29) is 11.1 Å². The van der Waals surface area contributed by atoms with Crippen LogP contribution in [0.25, 0.3) is 0 Å². The summed E-state index contributed by atoms with van der Waals surface area (Å²) in [4.78, 5) is 0. The van der Waals surface area contributed by atoms with E-state index in [1.807, 2.05) is 6.92 Å². The molecule has 0 aliphatic rings. The van der Waals surface area contributed by atoms with Crippen molar-refractivity contribution in [1.82, 2.24) is 0 Å². The van der Waals surface area contributed by atoms with Gasteiger partial charge in [0.25, 0.3) is 8.32 Å². The first-order valence-electron chi connectivity index (χ1n) is 8.33. The Morgan fingerprint density at radius 1 is 0.870 bits per heavy atom. The number of hydrogen-bond donors (Lipinski definition) is 0. The Morgan fingerprint density at radius 2 is 1.30 bits per heavy atom. The Labute approximate surface area is 142 Å². The van der Waals surface area contributed by atoms with Crippen molar-refractivity contribution in [1.29, 1.82) is 0 Å². The van der Waals surface area contributed by atoms with Gasteiger partial charge in [0.15, 0.2) is 0 Å². The zero-order valence-corrected chi connectivity index (χ0v) is 15.9. The predicted octanol–water partition coefficient (Wildman–Crippen LogP) is 4.53. The molecule has 2 aromatic carbocycles. The lowest BCUT2D eigenvalue weighted by Crippen LogP contribution is -2.67. The van der Waals surface area contributed by atoms with E-state index in [2.05, 4.69) is 101 Å². The van der Waals surface area contributed by atoms with Crippen molar-refractivity contribution in [3.63, 3.8) is 0 Å². The van der Waals surface area contributed by atoms with Gasteiger partial charge in [-0.3, -0.25) is 0 Å². The van der Waals surface area contributed by atoms with Crippen molar-refractivity contribution in [3.8, 4) is 0 Å². The van der Waals surface area contributed by atoms with Crippen LogP contribution in [0.15, 0.2) is 72.8 Å². The lowest BCUT2D eigenvalue weighted by Gasteiger charge is -2.44. The average molecular weight is 325 g/mol. The molecule has 1 atom stereocenters. The summed E-state index contributed by atoms with van der Waals surface area (Å²) in [6.07, 6.45) is 4.30. The van der Waals surface area contributed by atoms with Crippen molar-refractivity contribution in [2.24, 2.45) is 0 Å². The quantitative estimate of drug-likeness (QED) is 0.580. The lowest BCUT2D eigenvalue weighted by atomic mass is 10.2. The lowest BCUT2D eigenvalue weighted by molar-refractivity contribution is 0.252. The molecule has 2 heteroatoms. The maximum absolute atomic E-state index is 6.87. The Morgan fingerprint density at radius 3 is 1.65 bits per heavy atom. The Kier molecular flexibility index (Phi) is 5.61. The van der Waals surface area contributed by atoms with Crippen LogP contribution in [-0.4, -0.2) is 14.4 Å². The largest absolute Gasteiger partial charge is 0.401 e. The van der Waals surface area contributed by atoms with Crippen LogP contribution in [0.5, 0.6) is 0 Å². The standard InChI is InChI=1S/C21H28OSi/c1-6-13-18(2)22-23(21(3,4)5,19-14-9-7-10-15-19)20-16-11-8-12-17-20/h6-18H,1-5H3/b13-6+/t18-/m0/s1. The van der Waals surface area contributed by atoms with Crippen molar-refractivity contribution >= 4 is 18.7 Å². The molecule has 23 heavy (non-hydrogen) atoms. The molecule has 0 bridgehead atoms. The third kappa shape index (κ3) is 3.65. The van der Waals surface area contributed by atoms with Crippen molar-refractivity contribution < 1.29 is 4.43 Å². The fraction of sp³-hybridized carbons (Fsp3) is 0.333. The molecule has 0 amide bonds. The van der Waals surface area contributed by atoms with Crippen LogP contribution >= 0.6 is 0 Å². The Bertz CT molecular complexity index is 586. The molecule has 0 aliphatic carbocycles. The van der Waals surface area contributed by atoms with E-state index < -0.39 is 8.32 Å². The second kappa shape index (κ2) is 7.29. The Balaban J connectivity index is 2.69. The van der Waals surface area contributed by atoms with Gasteiger partial charge in [-0.15, -0.1) is 0 Å². The van der Waals surface area contributed by atoms with Crippen LogP contribution in [0, 0.1) is 0 Å². The monoisotopic (exact) mass is 324 g/mol. The van der Waals surface area contributed by atoms with Crippen LogP contribution in [-0.2, 0) is 4.43 Å². The van der Waals surface area contributed by atoms with Crippen LogP contribution < -0.4 is 10.4 Å². The summed E-state index contributed by atoms with van der Waals surface area (Å²) in [6, 6.07) is 21.5. The summed E-state index contributed by atoms with van der Waals surface area (Å²) in [5.74, 6) is 0. The summed E-state index contributed by atoms with van der Waals surface area (Å²) in [7, 11) is -2.40. The van der Waals surface area contributed by atoms with Crippen LogP contribution in [0.3, 0.4) is 0 Å². The van der Waals surface area contributed by atoms with Crippen molar-refractivity contribution in [2.75, 3.05) is 0 Å². The zero-order valence-electron chi connectivity index (χ0n) is 14.9. The summed E-state index contributed by atoms with van der Waals surface area (Å²) >= 11 is 0. The van der Waals surface area contributed by atoms with Gasteiger partial charge in [-0.1, -0.05) is 93.6 Å². The van der Waals surface area contributed by atoms with Gasteiger partial charge < -0.3 is 4.43 Å². The number of benzene rings is 2. The molecule has 0 N–H and O–H groups in total. The SMILES string of the molecule is C/C=C/[C@H](C)O[Si](c1ccccc1)(c1ccccc1)C(C)(C)C. The third-order valence-electron chi connectivity index (χ3n) is 4.24. The Hall–Kier alpha value is -1.64. The topological polar surface area (TPSA) is 9.23 Å². The summed E-state index contributed by atoms with van der Waals surface area (Å²) < 4.78 is 6.87.